The van der Waals surface area contributed by atoms with Crippen LogP contribution < -0.4 is 0 Å². The molecular formula is C28H43NO4. The zero-order valence-corrected chi connectivity index (χ0v) is 20.6. The van der Waals surface area contributed by atoms with Gasteiger partial charge in [0.2, 0.25) is 5.91 Å². The van der Waals surface area contributed by atoms with E-state index < -0.39 is 6.10 Å². The number of esters is 1. The van der Waals surface area contributed by atoms with Crippen LogP contribution in [0.15, 0.2) is 42.5 Å². The van der Waals surface area contributed by atoms with Gasteiger partial charge in [0.25, 0.3) is 0 Å². The summed E-state index contributed by atoms with van der Waals surface area (Å²) in [5, 5.41) is 10.6. The van der Waals surface area contributed by atoms with Crippen molar-refractivity contribution in [3.63, 3.8) is 0 Å². The molecule has 33 heavy (non-hydrogen) atoms. The molecule has 3 atom stereocenters. The van der Waals surface area contributed by atoms with E-state index in [2.05, 4.69) is 42.0 Å². The minimum Gasteiger partial charge on any atom is -0.469 e. The molecule has 0 spiro atoms. The van der Waals surface area contributed by atoms with Crippen molar-refractivity contribution in [2.45, 2.75) is 96.1 Å². The number of carbonyl (C=O) groups is 2. The van der Waals surface area contributed by atoms with Gasteiger partial charge in [-0.1, -0.05) is 75.1 Å². The maximum absolute atomic E-state index is 12.3. The van der Waals surface area contributed by atoms with Crippen molar-refractivity contribution < 1.29 is 19.4 Å². The highest BCUT2D eigenvalue weighted by molar-refractivity contribution is 5.79. The average molecular weight is 458 g/mol. The van der Waals surface area contributed by atoms with Crippen LogP contribution in [0.5, 0.6) is 0 Å². The number of aliphatic hydroxyl groups is 1. The maximum Gasteiger partial charge on any atom is 0.305 e. The summed E-state index contributed by atoms with van der Waals surface area (Å²) in [5.74, 6) is 0.272. The molecule has 1 aliphatic heterocycles. The molecular weight excluding hydrogens is 414 g/mol. The van der Waals surface area contributed by atoms with Gasteiger partial charge in [-0.2, -0.15) is 0 Å². The number of nitrogens with zero attached hydrogens (tertiary/aromatic N) is 1. The van der Waals surface area contributed by atoms with Crippen molar-refractivity contribution in [2.24, 2.45) is 5.92 Å². The quantitative estimate of drug-likeness (QED) is 0.203. The molecule has 5 nitrogen and oxygen atoms in total. The fraction of sp³-hybridized carbons (Fsp3) is 0.643. The SMILES string of the molecule is COC(=O)CCCCCCN1C(=O)CC[C@@H]1C=C[C@H](O)[C@H](C)CCCCCc1ccccc1. The molecule has 1 amide bonds. The van der Waals surface area contributed by atoms with Crippen LogP contribution in [0.1, 0.15) is 83.1 Å². The zero-order valence-electron chi connectivity index (χ0n) is 20.6. The minimum absolute atomic E-state index is 0.0975. The number of hydrogen-bond donors (Lipinski definition) is 1. The molecule has 1 heterocycles. The molecule has 0 bridgehead atoms. The number of benzene rings is 1. The topological polar surface area (TPSA) is 66.8 Å². The largest absolute Gasteiger partial charge is 0.469 e. The predicted molar refractivity (Wildman–Crippen MR) is 133 cm³/mol. The van der Waals surface area contributed by atoms with Crippen molar-refractivity contribution in [3.8, 4) is 0 Å². The first-order valence-electron chi connectivity index (χ1n) is 12.8. The van der Waals surface area contributed by atoms with Gasteiger partial charge >= 0.3 is 5.97 Å². The Hall–Kier alpha value is -2.14. The third-order valence-electron chi connectivity index (χ3n) is 6.71. The number of rotatable bonds is 16. The number of hydrogen-bond acceptors (Lipinski definition) is 4. The highest BCUT2D eigenvalue weighted by Gasteiger charge is 2.28. The second kappa shape index (κ2) is 15.7. The summed E-state index contributed by atoms with van der Waals surface area (Å²) < 4.78 is 4.66. The second-order valence-corrected chi connectivity index (χ2v) is 9.37. The Balaban J connectivity index is 1.62. The fourth-order valence-electron chi connectivity index (χ4n) is 4.47. The molecule has 184 valence electrons. The Labute approximate surface area is 200 Å². The number of aliphatic hydroxyl groups excluding tert-OH is 1. The normalized spacial score (nSPS) is 18.1. The smallest absolute Gasteiger partial charge is 0.305 e. The van der Waals surface area contributed by atoms with Crippen molar-refractivity contribution in [2.75, 3.05) is 13.7 Å². The standard InChI is InChI=1S/C28H43NO4/c1-23(13-7-5-8-14-24-15-9-6-10-16-24)26(30)20-18-25-19-21-27(31)29(25)22-12-4-3-11-17-28(32)33-2/h6,9-10,15-16,18,20,23,25-26,30H,3-5,7-8,11-14,17,19,21-22H2,1-2H3/t23-,25+,26+/m1/s1. The Morgan fingerprint density at radius 1 is 1.12 bits per heavy atom. The van der Waals surface area contributed by atoms with E-state index in [0.717, 1.165) is 57.9 Å². The number of methoxy groups -OCH3 is 1. The fourth-order valence-corrected chi connectivity index (χ4v) is 4.47. The van der Waals surface area contributed by atoms with E-state index in [-0.39, 0.29) is 23.8 Å². The summed E-state index contributed by atoms with van der Waals surface area (Å²) in [6.45, 7) is 2.86. The molecule has 1 aromatic rings. The van der Waals surface area contributed by atoms with Gasteiger partial charge in [0.05, 0.1) is 19.3 Å². The summed E-state index contributed by atoms with van der Waals surface area (Å²) in [6.07, 6.45) is 14.7. The molecule has 5 heteroatoms. The van der Waals surface area contributed by atoms with Crippen LogP contribution in [0, 0.1) is 5.92 Å². The molecule has 1 saturated heterocycles. The summed E-state index contributed by atoms with van der Waals surface area (Å²) >= 11 is 0. The molecule has 0 aliphatic carbocycles. The van der Waals surface area contributed by atoms with Crippen LogP contribution in [0.3, 0.4) is 0 Å². The predicted octanol–water partition coefficient (Wildman–Crippen LogP) is 5.46. The number of aryl methyl sites for hydroxylation is 1. The van der Waals surface area contributed by atoms with E-state index >= 15 is 0 Å². The molecule has 1 aromatic carbocycles. The van der Waals surface area contributed by atoms with E-state index in [1.165, 1.54) is 25.5 Å². The van der Waals surface area contributed by atoms with Gasteiger partial charge in [0, 0.05) is 19.4 Å². The van der Waals surface area contributed by atoms with Gasteiger partial charge in [0.1, 0.15) is 0 Å². The average Bonchev–Trinajstić information content (AvgIpc) is 3.18. The Morgan fingerprint density at radius 2 is 1.85 bits per heavy atom. The van der Waals surface area contributed by atoms with Gasteiger partial charge in [0.15, 0.2) is 0 Å². The third-order valence-corrected chi connectivity index (χ3v) is 6.71. The molecule has 1 aliphatic rings. The Kier molecular flexibility index (Phi) is 12.9. The van der Waals surface area contributed by atoms with E-state index in [1.54, 1.807) is 0 Å². The highest BCUT2D eigenvalue weighted by Crippen LogP contribution is 2.22. The lowest BCUT2D eigenvalue weighted by atomic mass is 9.95. The van der Waals surface area contributed by atoms with Gasteiger partial charge in [-0.15, -0.1) is 0 Å². The lowest BCUT2D eigenvalue weighted by Gasteiger charge is -2.23. The Morgan fingerprint density at radius 3 is 2.61 bits per heavy atom. The first kappa shape index (κ1) is 27.1. The number of unbranched alkanes of at least 4 members (excludes halogenated alkanes) is 5. The summed E-state index contributed by atoms with van der Waals surface area (Å²) in [4.78, 5) is 25.4. The second-order valence-electron chi connectivity index (χ2n) is 9.37. The molecule has 1 N–H and O–H groups in total. The molecule has 0 saturated carbocycles. The van der Waals surface area contributed by atoms with Crippen LogP contribution >= 0.6 is 0 Å². The molecule has 1 fully saturated rings. The highest BCUT2D eigenvalue weighted by atomic mass is 16.5. The van der Waals surface area contributed by atoms with Crippen molar-refractivity contribution in [3.05, 3.63) is 48.0 Å². The van der Waals surface area contributed by atoms with E-state index in [4.69, 9.17) is 0 Å². The van der Waals surface area contributed by atoms with E-state index in [0.29, 0.717) is 12.8 Å². The summed E-state index contributed by atoms with van der Waals surface area (Å²) in [7, 11) is 1.42. The third kappa shape index (κ3) is 10.6. The first-order chi connectivity index (χ1) is 16.0. The van der Waals surface area contributed by atoms with Gasteiger partial charge in [-0.3, -0.25) is 9.59 Å². The van der Waals surface area contributed by atoms with Crippen molar-refractivity contribution in [1.29, 1.82) is 0 Å². The number of likely N-dealkylation sites (tertiary alicyclic amines) is 1. The minimum atomic E-state index is -0.463. The summed E-state index contributed by atoms with van der Waals surface area (Å²) in [5.41, 5.74) is 1.39. The number of carbonyl (C=O) groups excluding carboxylic acids is 2. The monoisotopic (exact) mass is 457 g/mol. The lowest BCUT2D eigenvalue weighted by Crippen LogP contribution is -2.33. The van der Waals surface area contributed by atoms with Crippen molar-refractivity contribution in [1.82, 2.24) is 4.90 Å². The first-order valence-corrected chi connectivity index (χ1v) is 12.8. The number of ether oxygens (including phenoxy) is 1. The molecule has 2 rings (SSSR count). The van der Waals surface area contributed by atoms with E-state index in [1.807, 2.05) is 17.1 Å². The van der Waals surface area contributed by atoms with Crippen LogP contribution in [0.2, 0.25) is 0 Å². The lowest BCUT2D eigenvalue weighted by molar-refractivity contribution is -0.140. The Bertz CT molecular complexity index is 718. The van der Waals surface area contributed by atoms with Crippen LogP contribution in [-0.4, -0.2) is 47.7 Å². The molecule has 0 unspecified atom stereocenters. The maximum atomic E-state index is 12.3. The molecule has 0 radical (unpaired) electrons. The van der Waals surface area contributed by atoms with Gasteiger partial charge in [-0.05, 0) is 50.0 Å². The van der Waals surface area contributed by atoms with Crippen LogP contribution in [0.4, 0.5) is 0 Å². The zero-order chi connectivity index (χ0) is 23.9. The van der Waals surface area contributed by atoms with Gasteiger partial charge < -0.3 is 14.7 Å². The molecule has 0 aromatic heterocycles. The van der Waals surface area contributed by atoms with Gasteiger partial charge in [-0.25, -0.2) is 0 Å². The summed E-state index contributed by atoms with van der Waals surface area (Å²) in [6, 6.07) is 10.7. The number of amides is 1. The van der Waals surface area contributed by atoms with Crippen LogP contribution in [-0.2, 0) is 20.7 Å². The van der Waals surface area contributed by atoms with Crippen molar-refractivity contribution >= 4 is 11.9 Å². The van der Waals surface area contributed by atoms with E-state index in [9.17, 15) is 14.7 Å². The van der Waals surface area contributed by atoms with Crippen LogP contribution in [0.25, 0.3) is 0 Å².